The summed E-state index contributed by atoms with van der Waals surface area (Å²) in [5.74, 6) is -0.158. The van der Waals surface area contributed by atoms with Crippen LogP contribution in [0, 0.1) is 0 Å². The molecule has 0 aliphatic carbocycles. The Balaban J connectivity index is 3.57. The fourth-order valence-corrected chi connectivity index (χ4v) is 6.66. The van der Waals surface area contributed by atoms with Gasteiger partial charge in [0.05, 0.1) is 18.8 Å². The third kappa shape index (κ3) is 39.3. The molecule has 0 spiro atoms. The van der Waals surface area contributed by atoms with E-state index in [1.165, 1.54) is 148 Å². The molecule has 0 heterocycles. The van der Waals surface area contributed by atoms with Gasteiger partial charge < -0.3 is 15.5 Å². The van der Waals surface area contributed by atoms with Crippen LogP contribution in [0.15, 0.2) is 60.8 Å². The first-order chi connectivity index (χ1) is 25.7. The van der Waals surface area contributed by atoms with E-state index in [9.17, 15) is 15.0 Å². The molecule has 0 aliphatic heterocycles. The highest BCUT2D eigenvalue weighted by Crippen LogP contribution is 2.16. The first-order valence-electron chi connectivity index (χ1n) is 22.5. The van der Waals surface area contributed by atoms with Crippen LogP contribution in [0.25, 0.3) is 0 Å². The second-order valence-corrected chi connectivity index (χ2v) is 15.1. The summed E-state index contributed by atoms with van der Waals surface area (Å²) in [4.78, 5) is 12.3. The van der Waals surface area contributed by atoms with Gasteiger partial charge in [-0.3, -0.25) is 4.79 Å². The molecule has 1 amide bonds. The second kappa shape index (κ2) is 43.5. The molecule has 0 saturated carbocycles. The standard InChI is InChI=1S/C48H87NO3/c1-3-5-7-9-11-13-15-17-19-20-21-22-23-24-25-26-27-28-30-31-33-35-37-39-41-43-47(51)46(45-50)49-48(52)44-42-40-38-36-34-32-29-18-16-14-12-10-8-6-4-2/h6,8,12,14,18,29,34,36,40,42,46-47,50-51H,3-5,7,9-11,13,15-17,19-28,30-33,35,37-39,41,43-45H2,1-2H3,(H,49,52)/b8-6-,14-12-,29-18-,36-34-,42-40-. The van der Waals surface area contributed by atoms with Crippen LogP contribution in [0.3, 0.4) is 0 Å². The summed E-state index contributed by atoms with van der Waals surface area (Å²) >= 11 is 0. The number of nitrogens with one attached hydrogen (secondary N) is 1. The molecule has 4 heteroatoms. The van der Waals surface area contributed by atoms with Crippen molar-refractivity contribution >= 4 is 5.91 Å². The van der Waals surface area contributed by atoms with Crippen LogP contribution >= 0.6 is 0 Å². The molecule has 4 nitrogen and oxygen atoms in total. The molecule has 0 radical (unpaired) electrons. The molecule has 2 atom stereocenters. The van der Waals surface area contributed by atoms with E-state index < -0.39 is 12.1 Å². The highest BCUT2D eigenvalue weighted by molar-refractivity contribution is 5.77. The number of carbonyl (C=O) groups is 1. The minimum atomic E-state index is -0.702. The van der Waals surface area contributed by atoms with Crippen molar-refractivity contribution in [3.05, 3.63) is 60.8 Å². The van der Waals surface area contributed by atoms with E-state index in [0.717, 1.165) is 44.9 Å². The average molecular weight is 726 g/mol. The molecule has 302 valence electrons. The van der Waals surface area contributed by atoms with Gasteiger partial charge in [0.25, 0.3) is 0 Å². The third-order valence-electron chi connectivity index (χ3n) is 10.1. The van der Waals surface area contributed by atoms with E-state index >= 15 is 0 Å². The Morgan fingerprint density at radius 2 is 0.769 bits per heavy atom. The van der Waals surface area contributed by atoms with E-state index in [4.69, 9.17) is 0 Å². The van der Waals surface area contributed by atoms with Crippen molar-refractivity contribution in [2.45, 2.75) is 231 Å². The summed E-state index contributed by atoms with van der Waals surface area (Å²) in [6.45, 7) is 4.20. The molecule has 0 bridgehead atoms. The predicted octanol–water partition coefficient (Wildman–Crippen LogP) is 14.1. The van der Waals surface area contributed by atoms with E-state index in [1.807, 2.05) is 12.2 Å². The van der Waals surface area contributed by atoms with E-state index in [0.29, 0.717) is 6.42 Å². The molecule has 0 aromatic rings. The molecule has 0 rings (SSSR count). The summed E-state index contributed by atoms with van der Waals surface area (Å²) in [7, 11) is 0. The van der Waals surface area contributed by atoms with Gasteiger partial charge in [-0.25, -0.2) is 0 Å². The maximum Gasteiger partial charge on any atom is 0.224 e. The van der Waals surface area contributed by atoms with Crippen LogP contribution in [-0.2, 0) is 4.79 Å². The van der Waals surface area contributed by atoms with Gasteiger partial charge in [-0.15, -0.1) is 0 Å². The van der Waals surface area contributed by atoms with Gasteiger partial charge in [0.1, 0.15) is 0 Å². The molecule has 0 aromatic carbocycles. The number of amides is 1. The van der Waals surface area contributed by atoms with Gasteiger partial charge in [0.2, 0.25) is 5.91 Å². The van der Waals surface area contributed by atoms with Gasteiger partial charge in [0, 0.05) is 6.42 Å². The van der Waals surface area contributed by atoms with E-state index in [1.54, 1.807) is 0 Å². The lowest BCUT2D eigenvalue weighted by Crippen LogP contribution is -2.45. The SMILES string of the molecule is CC/C=C\C/C=C\C/C=C\C/C=C\C/C=C\CC(=O)NC(CO)C(O)CCCCCCCCCCCCCCCCCCCCCCCCCCC. The summed E-state index contributed by atoms with van der Waals surface area (Å²) in [5.41, 5.74) is 0. The molecule has 0 aromatic heterocycles. The molecular weight excluding hydrogens is 639 g/mol. The molecular formula is C48H87NO3. The number of hydrogen-bond acceptors (Lipinski definition) is 3. The number of hydrogen-bond donors (Lipinski definition) is 3. The van der Waals surface area contributed by atoms with Gasteiger partial charge in [-0.2, -0.15) is 0 Å². The maximum absolute atomic E-state index is 12.3. The summed E-state index contributed by atoms with van der Waals surface area (Å²) in [5, 5.41) is 23.1. The molecule has 2 unspecified atom stereocenters. The Hall–Kier alpha value is -1.91. The second-order valence-electron chi connectivity index (χ2n) is 15.1. The number of carbonyl (C=O) groups excluding carboxylic acids is 1. The van der Waals surface area contributed by atoms with Crippen molar-refractivity contribution in [1.29, 1.82) is 0 Å². The first kappa shape index (κ1) is 50.1. The zero-order valence-electron chi connectivity index (χ0n) is 34.6. The lowest BCUT2D eigenvalue weighted by Gasteiger charge is -2.22. The normalized spacial score (nSPS) is 13.5. The number of aliphatic hydroxyl groups is 2. The van der Waals surface area contributed by atoms with Crippen molar-refractivity contribution in [2.75, 3.05) is 6.61 Å². The Bertz CT molecular complexity index is 873. The molecule has 52 heavy (non-hydrogen) atoms. The van der Waals surface area contributed by atoms with Gasteiger partial charge >= 0.3 is 0 Å². The third-order valence-corrected chi connectivity index (χ3v) is 10.1. The van der Waals surface area contributed by atoms with Gasteiger partial charge in [0.15, 0.2) is 0 Å². The average Bonchev–Trinajstić information content (AvgIpc) is 3.15. The lowest BCUT2D eigenvalue weighted by atomic mass is 10.0. The van der Waals surface area contributed by atoms with Crippen LogP contribution in [-0.4, -0.2) is 34.9 Å². The zero-order chi connectivity index (χ0) is 37.8. The number of aliphatic hydroxyl groups excluding tert-OH is 2. The smallest absolute Gasteiger partial charge is 0.224 e. The molecule has 0 saturated heterocycles. The minimum Gasteiger partial charge on any atom is -0.394 e. The lowest BCUT2D eigenvalue weighted by molar-refractivity contribution is -0.122. The molecule has 3 N–H and O–H groups in total. The van der Waals surface area contributed by atoms with Crippen molar-refractivity contribution in [3.8, 4) is 0 Å². The van der Waals surface area contributed by atoms with Crippen molar-refractivity contribution < 1.29 is 15.0 Å². The van der Waals surface area contributed by atoms with Crippen LogP contribution in [0.4, 0.5) is 0 Å². The van der Waals surface area contributed by atoms with Gasteiger partial charge in [-0.1, -0.05) is 235 Å². The van der Waals surface area contributed by atoms with Crippen molar-refractivity contribution in [1.82, 2.24) is 5.32 Å². The number of unbranched alkanes of at least 4 members (excludes halogenated alkanes) is 24. The topological polar surface area (TPSA) is 69.6 Å². The van der Waals surface area contributed by atoms with Crippen molar-refractivity contribution in [3.63, 3.8) is 0 Å². The van der Waals surface area contributed by atoms with Crippen LogP contribution in [0.2, 0.25) is 0 Å². The van der Waals surface area contributed by atoms with Crippen LogP contribution in [0.5, 0.6) is 0 Å². The maximum atomic E-state index is 12.3. The summed E-state index contributed by atoms with van der Waals surface area (Å²) < 4.78 is 0. The number of rotatable bonds is 40. The van der Waals surface area contributed by atoms with Crippen LogP contribution < -0.4 is 5.32 Å². The van der Waals surface area contributed by atoms with Crippen molar-refractivity contribution in [2.24, 2.45) is 0 Å². The minimum absolute atomic E-state index is 0.158. The Morgan fingerprint density at radius 1 is 0.462 bits per heavy atom. The monoisotopic (exact) mass is 726 g/mol. The summed E-state index contributed by atoms with van der Waals surface area (Å²) in [6, 6.07) is -0.593. The zero-order valence-corrected chi connectivity index (χ0v) is 34.6. The van der Waals surface area contributed by atoms with E-state index in [2.05, 4.69) is 67.8 Å². The highest BCUT2D eigenvalue weighted by atomic mass is 16.3. The number of allylic oxidation sites excluding steroid dienone is 9. The fraction of sp³-hybridized carbons (Fsp3) is 0.771. The van der Waals surface area contributed by atoms with Gasteiger partial charge in [-0.05, 0) is 38.5 Å². The molecule has 0 aliphatic rings. The Morgan fingerprint density at radius 3 is 1.10 bits per heavy atom. The largest absolute Gasteiger partial charge is 0.394 e. The highest BCUT2D eigenvalue weighted by Gasteiger charge is 2.19. The Kier molecular flexibility index (Phi) is 41.9. The van der Waals surface area contributed by atoms with Crippen LogP contribution in [0.1, 0.15) is 219 Å². The molecule has 0 fully saturated rings. The van der Waals surface area contributed by atoms with E-state index in [-0.39, 0.29) is 18.9 Å². The Labute approximate surface area is 324 Å². The summed E-state index contributed by atoms with van der Waals surface area (Å²) in [6.07, 6.45) is 60.5. The first-order valence-corrected chi connectivity index (χ1v) is 22.5. The fourth-order valence-electron chi connectivity index (χ4n) is 6.66. The predicted molar refractivity (Wildman–Crippen MR) is 230 cm³/mol. The quantitative estimate of drug-likeness (QED) is 0.0435.